The molecule has 0 heterocycles. The summed E-state index contributed by atoms with van der Waals surface area (Å²) in [6, 6.07) is 0. The molecule has 0 bridgehead atoms. The second kappa shape index (κ2) is 1.95. The van der Waals surface area contributed by atoms with Gasteiger partial charge in [-0.3, -0.25) is 4.79 Å². The van der Waals surface area contributed by atoms with Crippen LogP contribution in [0.25, 0.3) is 0 Å². The molecule has 1 aliphatic carbocycles. The summed E-state index contributed by atoms with van der Waals surface area (Å²) in [5.41, 5.74) is 1.03. The molecule has 1 aliphatic rings. The van der Waals surface area contributed by atoms with Crippen molar-refractivity contribution in [1.82, 2.24) is 0 Å². The van der Waals surface area contributed by atoms with E-state index < -0.39 is 0 Å². The second-order valence-electron chi connectivity index (χ2n) is 1.91. The Morgan fingerprint density at radius 3 is 2.75 bits per heavy atom. The van der Waals surface area contributed by atoms with Crippen LogP contribution in [-0.2, 0) is 0 Å². The first-order chi connectivity index (χ1) is 3.80. The number of rotatable bonds is 1. The van der Waals surface area contributed by atoms with Crippen molar-refractivity contribution < 1.29 is 4.79 Å². The normalized spacial score (nSPS) is 16.4. The first kappa shape index (κ1) is 5.29. The largest absolute Gasteiger partial charge is 0.316 e. The van der Waals surface area contributed by atoms with Gasteiger partial charge in [-0.2, -0.15) is 0 Å². The van der Waals surface area contributed by atoms with Crippen molar-refractivity contribution in [2.24, 2.45) is 0 Å². The van der Waals surface area contributed by atoms with Crippen LogP contribution >= 0.6 is 0 Å². The molecule has 0 saturated carbocycles. The van der Waals surface area contributed by atoms with Crippen LogP contribution in [0.5, 0.6) is 0 Å². The molecule has 1 heteroatoms. The van der Waals surface area contributed by atoms with Crippen molar-refractivity contribution in [2.45, 2.75) is 13.3 Å². The van der Waals surface area contributed by atoms with E-state index >= 15 is 0 Å². The fourth-order valence-corrected chi connectivity index (χ4v) is 0.716. The minimum absolute atomic E-state index is 0.440. The van der Waals surface area contributed by atoms with Crippen LogP contribution in [0.4, 0.5) is 0 Å². The minimum atomic E-state index is 0.440. The molecular weight excluding hydrogens is 100 g/mol. The average molecular weight is 109 g/mol. The third kappa shape index (κ3) is 0.861. The van der Waals surface area contributed by atoms with Gasteiger partial charge in [0.1, 0.15) is 0 Å². The Hall–Kier alpha value is -0.850. The Morgan fingerprint density at radius 2 is 2.50 bits per heavy atom. The molecule has 0 amide bonds. The highest BCUT2D eigenvalue weighted by Gasteiger charge is 2.08. The van der Waals surface area contributed by atoms with Crippen molar-refractivity contribution in [1.29, 1.82) is 0 Å². The molecule has 0 atom stereocenters. The van der Waals surface area contributed by atoms with Gasteiger partial charge >= 0.3 is 5.78 Å². The van der Waals surface area contributed by atoms with E-state index in [-0.39, 0.29) is 0 Å². The fraction of sp³-hybridized carbons (Fsp3) is 0.286. The zero-order chi connectivity index (χ0) is 5.98. The quantitative estimate of drug-likeness (QED) is 0.454. The van der Waals surface area contributed by atoms with Gasteiger partial charge in [0.25, 0.3) is 0 Å². The van der Waals surface area contributed by atoms with Crippen LogP contribution in [0.1, 0.15) is 13.3 Å². The average Bonchev–Trinajstić information content (AvgIpc) is 2.12. The smallest absolute Gasteiger partial charge is 0.279 e. The van der Waals surface area contributed by atoms with E-state index in [1.54, 1.807) is 6.92 Å². The summed E-state index contributed by atoms with van der Waals surface area (Å²) in [5.74, 6) is 0.440. The second-order valence-corrected chi connectivity index (χ2v) is 1.91. The lowest BCUT2D eigenvalue weighted by Gasteiger charge is -1.82. The lowest BCUT2D eigenvalue weighted by atomic mass is 10.2. The molecule has 1 rings (SSSR count). The molecule has 0 radical (unpaired) electrons. The van der Waals surface area contributed by atoms with Crippen molar-refractivity contribution >= 4 is 5.78 Å². The van der Waals surface area contributed by atoms with Gasteiger partial charge in [-0.1, -0.05) is 12.2 Å². The maximum absolute atomic E-state index is 8.86. The van der Waals surface area contributed by atoms with Crippen LogP contribution in [-0.4, -0.2) is 10.6 Å². The molecular formula is C7H9O+. The summed E-state index contributed by atoms with van der Waals surface area (Å²) in [6.45, 7) is 1.71. The van der Waals surface area contributed by atoms with Crippen LogP contribution in [0.2, 0.25) is 0 Å². The molecule has 0 unspecified atom stereocenters. The molecule has 1 nitrogen and oxygen atoms in total. The van der Waals surface area contributed by atoms with Gasteiger partial charge in [0.2, 0.25) is 0 Å². The first-order valence-corrected chi connectivity index (χ1v) is 2.69. The number of allylic oxidation sites excluding steroid dienone is 4. The maximum Gasteiger partial charge on any atom is 0.316 e. The van der Waals surface area contributed by atoms with Crippen LogP contribution in [0, 0.1) is 0 Å². The van der Waals surface area contributed by atoms with Crippen LogP contribution < -0.4 is 0 Å². The van der Waals surface area contributed by atoms with Crippen molar-refractivity contribution in [3.8, 4) is 0 Å². The zero-order valence-electron chi connectivity index (χ0n) is 4.89. The molecule has 0 aliphatic heterocycles. The van der Waals surface area contributed by atoms with Crippen LogP contribution in [0.3, 0.4) is 0 Å². The van der Waals surface area contributed by atoms with Gasteiger partial charge in [-0.05, 0) is 12.5 Å². The van der Waals surface area contributed by atoms with Gasteiger partial charge in [-0.25, -0.2) is 0 Å². The molecule has 0 aromatic rings. The third-order valence-electron chi connectivity index (χ3n) is 1.24. The molecule has 0 saturated heterocycles. The molecule has 0 aromatic heterocycles. The molecule has 0 spiro atoms. The van der Waals surface area contributed by atoms with Crippen molar-refractivity contribution in [2.75, 3.05) is 0 Å². The highest BCUT2D eigenvalue weighted by molar-refractivity contribution is 5.95. The van der Waals surface area contributed by atoms with E-state index in [1.807, 2.05) is 18.2 Å². The van der Waals surface area contributed by atoms with Gasteiger partial charge in [0, 0.05) is 0 Å². The van der Waals surface area contributed by atoms with Gasteiger partial charge in [0.05, 0.1) is 12.5 Å². The Balaban J connectivity index is 2.64. The summed E-state index contributed by atoms with van der Waals surface area (Å²) >= 11 is 0. The van der Waals surface area contributed by atoms with E-state index in [2.05, 4.69) is 0 Å². The van der Waals surface area contributed by atoms with Crippen molar-refractivity contribution in [3.63, 3.8) is 0 Å². The molecule has 0 aromatic carbocycles. The summed E-state index contributed by atoms with van der Waals surface area (Å²) in [7, 11) is 0. The number of ketones is 1. The Morgan fingerprint density at radius 1 is 1.75 bits per heavy atom. The Bertz CT molecular complexity index is 163. The Labute approximate surface area is 48.7 Å². The van der Waals surface area contributed by atoms with E-state index in [1.165, 1.54) is 0 Å². The van der Waals surface area contributed by atoms with E-state index in [0.717, 1.165) is 12.0 Å². The van der Waals surface area contributed by atoms with Gasteiger partial charge in [0.15, 0.2) is 0 Å². The number of hydrogen-bond acceptors (Lipinski definition) is 0. The van der Waals surface area contributed by atoms with E-state index in [4.69, 9.17) is 4.79 Å². The van der Waals surface area contributed by atoms with E-state index in [9.17, 15) is 0 Å². The zero-order valence-corrected chi connectivity index (χ0v) is 4.89. The van der Waals surface area contributed by atoms with E-state index in [0.29, 0.717) is 5.78 Å². The summed E-state index contributed by atoms with van der Waals surface area (Å²) < 4.78 is 0. The lowest BCUT2D eigenvalue weighted by molar-refractivity contribution is 0.672. The fourth-order valence-electron chi connectivity index (χ4n) is 0.716. The molecule has 1 N–H and O–H groups in total. The van der Waals surface area contributed by atoms with Crippen LogP contribution in [0.15, 0.2) is 23.8 Å². The molecule has 0 fully saturated rings. The third-order valence-corrected chi connectivity index (χ3v) is 1.24. The molecule has 8 heavy (non-hydrogen) atoms. The predicted octanol–water partition coefficient (Wildman–Crippen LogP) is 1.44. The highest BCUT2D eigenvalue weighted by atomic mass is 16.1. The van der Waals surface area contributed by atoms with Gasteiger partial charge in [-0.15, -0.1) is 0 Å². The number of hydrogen-bond donors (Lipinski definition) is 0. The summed E-state index contributed by atoms with van der Waals surface area (Å²) in [6.07, 6.45) is 6.79. The van der Waals surface area contributed by atoms with Gasteiger partial charge < -0.3 is 0 Å². The maximum atomic E-state index is 8.86. The SMILES string of the molecule is CC(=[OH+])C1=CC=CC1. The summed E-state index contributed by atoms with van der Waals surface area (Å²) in [5, 5.41) is 0. The highest BCUT2D eigenvalue weighted by Crippen LogP contribution is 2.09. The standard InChI is InChI=1S/C7H8O/c1-6(8)7-4-2-3-5-7/h2-4H,5H2,1H3/p+1. The minimum Gasteiger partial charge on any atom is -0.279 e. The number of carbonyl (C=O) groups excluding carboxylic acids is 1. The monoisotopic (exact) mass is 109 g/mol. The predicted molar refractivity (Wildman–Crippen MR) is 34.5 cm³/mol. The van der Waals surface area contributed by atoms with Crippen molar-refractivity contribution in [3.05, 3.63) is 23.8 Å². The lowest BCUT2D eigenvalue weighted by Crippen LogP contribution is -1.91. The summed E-state index contributed by atoms with van der Waals surface area (Å²) in [4.78, 5) is 8.86. The topological polar surface area (TPSA) is 21.4 Å². The Kier molecular flexibility index (Phi) is 1.29. The molecule has 42 valence electrons. The first-order valence-electron chi connectivity index (χ1n) is 2.69.